The molecule has 0 bridgehead atoms. The van der Waals surface area contributed by atoms with Crippen LogP contribution in [0.15, 0.2) is 48.5 Å². The molecule has 0 fully saturated rings. The second-order valence-corrected chi connectivity index (χ2v) is 5.69. The number of rotatable bonds is 5. The SMILES string of the molecule is COc1cccc(CC(C)(CO)c2ccc(Cl)cc2)c1. The van der Waals surface area contributed by atoms with Gasteiger partial charge in [-0.2, -0.15) is 0 Å². The molecule has 0 heterocycles. The van der Waals surface area contributed by atoms with Crippen LogP contribution in [0, 0.1) is 0 Å². The highest BCUT2D eigenvalue weighted by atomic mass is 35.5. The predicted molar refractivity (Wildman–Crippen MR) is 82.6 cm³/mol. The Morgan fingerprint density at radius 3 is 2.45 bits per heavy atom. The third-order valence-corrected chi connectivity index (χ3v) is 3.87. The van der Waals surface area contributed by atoms with E-state index in [1.807, 2.05) is 48.5 Å². The van der Waals surface area contributed by atoms with Crippen LogP contribution in [-0.4, -0.2) is 18.8 Å². The maximum atomic E-state index is 9.83. The minimum Gasteiger partial charge on any atom is -0.497 e. The van der Waals surface area contributed by atoms with Crippen molar-refractivity contribution in [3.05, 3.63) is 64.7 Å². The molecule has 1 N–H and O–H groups in total. The van der Waals surface area contributed by atoms with Gasteiger partial charge in [-0.3, -0.25) is 0 Å². The summed E-state index contributed by atoms with van der Waals surface area (Å²) in [6, 6.07) is 15.6. The average molecular weight is 291 g/mol. The van der Waals surface area contributed by atoms with Crippen molar-refractivity contribution in [2.24, 2.45) is 0 Å². The summed E-state index contributed by atoms with van der Waals surface area (Å²) >= 11 is 5.93. The van der Waals surface area contributed by atoms with Crippen molar-refractivity contribution in [3.63, 3.8) is 0 Å². The number of aliphatic hydroxyl groups is 1. The van der Waals surface area contributed by atoms with Gasteiger partial charge in [0.05, 0.1) is 13.7 Å². The third-order valence-electron chi connectivity index (χ3n) is 3.62. The molecule has 0 saturated heterocycles. The highest BCUT2D eigenvalue weighted by Gasteiger charge is 2.26. The Hall–Kier alpha value is -1.51. The van der Waals surface area contributed by atoms with Gasteiger partial charge >= 0.3 is 0 Å². The summed E-state index contributed by atoms with van der Waals surface area (Å²) in [6.45, 7) is 2.13. The summed E-state index contributed by atoms with van der Waals surface area (Å²) in [6.07, 6.45) is 0.738. The van der Waals surface area contributed by atoms with Crippen molar-refractivity contribution in [1.82, 2.24) is 0 Å². The number of aliphatic hydroxyl groups excluding tert-OH is 1. The molecule has 0 spiro atoms. The zero-order valence-electron chi connectivity index (χ0n) is 11.8. The molecule has 2 rings (SSSR count). The van der Waals surface area contributed by atoms with Crippen LogP contribution in [0.2, 0.25) is 5.02 Å². The molecule has 0 radical (unpaired) electrons. The monoisotopic (exact) mass is 290 g/mol. The van der Waals surface area contributed by atoms with Gasteiger partial charge in [0, 0.05) is 10.4 Å². The maximum absolute atomic E-state index is 9.83. The average Bonchev–Trinajstić information content (AvgIpc) is 2.48. The molecule has 0 aliphatic heterocycles. The first kappa shape index (κ1) is 14.9. The second kappa shape index (κ2) is 6.29. The summed E-state index contributed by atoms with van der Waals surface area (Å²) < 4.78 is 5.24. The molecular weight excluding hydrogens is 272 g/mol. The smallest absolute Gasteiger partial charge is 0.119 e. The van der Waals surface area contributed by atoms with Crippen LogP contribution < -0.4 is 4.74 Å². The highest BCUT2D eigenvalue weighted by Crippen LogP contribution is 2.29. The fourth-order valence-electron chi connectivity index (χ4n) is 2.33. The zero-order valence-corrected chi connectivity index (χ0v) is 12.5. The standard InChI is InChI=1S/C17H19ClO2/c1-17(12-19,14-6-8-15(18)9-7-14)11-13-4-3-5-16(10-13)20-2/h3-10,19H,11-12H2,1-2H3. The first-order chi connectivity index (χ1) is 9.57. The van der Waals surface area contributed by atoms with E-state index < -0.39 is 0 Å². The second-order valence-electron chi connectivity index (χ2n) is 5.25. The van der Waals surface area contributed by atoms with Crippen LogP contribution in [-0.2, 0) is 11.8 Å². The van der Waals surface area contributed by atoms with Crippen LogP contribution in [0.5, 0.6) is 5.75 Å². The Morgan fingerprint density at radius 1 is 1.15 bits per heavy atom. The predicted octanol–water partition coefficient (Wildman–Crippen LogP) is 3.84. The fraction of sp³-hybridized carbons (Fsp3) is 0.294. The molecule has 2 aromatic rings. The Bertz CT molecular complexity index is 565. The third kappa shape index (κ3) is 3.33. The van der Waals surface area contributed by atoms with Gasteiger partial charge < -0.3 is 9.84 Å². The van der Waals surface area contributed by atoms with E-state index in [9.17, 15) is 5.11 Å². The zero-order chi connectivity index (χ0) is 14.6. The summed E-state index contributed by atoms with van der Waals surface area (Å²) in [5, 5.41) is 10.5. The molecular formula is C17H19ClO2. The normalized spacial score (nSPS) is 13.8. The lowest BCUT2D eigenvalue weighted by molar-refractivity contribution is 0.204. The van der Waals surface area contributed by atoms with Crippen molar-refractivity contribution >= 4 is 11.6 Å². The molecule has 0 amide bonds. The van der Waals surface area contributed by atoms with Crippen LogP contribution >= 0.6 is 11.6 Å². The van der Waals surface area contributed by atoms with Gasteiger partial charge in [-0.05, 0) is 41.8 Å². The molecule has 106 valence electrons. The van der Waals surface area contributed by atoms with E-state index >= 15 is 0 Å². The van der Waals surface area contributed by atoms with E-state index in [1.54, 1.807) is 7.11 Å². The molecule has 1 atom stereocenters. The number of hydrogen-bond donors (Lipinski definition) is 1. The van der Waals surface area contributed by atoms with Crippen LogP contribution in [0.4, 0.5) is 0 Å². The van der Waals surface area contributed by atoms with Crippen molar-refractivity contribution in [2.75, 3.05) is 13.7 Å². The summed E-state index contributed by atoms with van der Waals surface area (Å²) in [5.41, 5.74) is 1.87. The Balaban J connectivity index is 2.28. The van der Waals surface area contributed by atoms with Gasteiger partial charge in [-0.15, -0.1) is 0 Å². The number of benzene rings is 2. The van der Waals surface area contributed by atoms with Crippen LogP contribution in [0.1, 0.15) is 18.1 Å². The minimum absolute atomic E-state index is 0.0752. The Labute approximate surface area is 125 Å². The topological polar surface area (TPSA) is 29.5 Å². The largest absolute Gasteiger partial charge is 0.497 e. The highest BCUT2D eigenvalue weighted by molar-refractivity contribution is 6.30. The van der Waals surface area contributed by atoms with Gasteiger partial charge in [0.2, 0.25) is 0 Å². The van der Waals surface area contributed by atoms with Gasteiger partial charge in [0.25, 0.3) is 0 Å². The number of halogens is 1. The van der Waals surface area contributed by atoms with Crippen molar-refractivity contribution in [3.8, 4) is 5.75 Å². The summed E-state index contributed by atoms with van der Waals surface area (Å²) in [7, 11) is 1.66. The Morgan fingerprint density at radius 2 is 1.85 bits per heavy atom. The van der Waals surface area contributed by atoms with Crippen molar-refractivity contribution in [2.45, 2.75) is 18.8 Å². The summed E-state index contributed by atoms with van der Waals surface area (Å²) in [4.78, 5) is 0. The molecule has 0 aliphatic carbocycles. The van der Waals surface area contributed by atoms with E-state index in [0.717, 1.165) is 23.3 Å². The van der Waals surface area contributed by atoms with Crippen molar-refractivity contribution < 1.29 is 9.84 Å². The number of methoxy groups -OCH3 is 1. The van der Waals surface area contributed by atoms with E-state index in [2.05, 4.69) is 6.92 Å². The quantitative estimate of drug-likeness (QED) is 0.906. The molecule has 0 aliphatic rings. The molecule has 2 aromatic carbocycles. The van der Waals surface area contributed by atoms with Gasteiger partial charge in [-0.25, -0.2) is 0 Å². The lowest BCUT2D eigenvalue weighted by Gasteiger charge is -2.28. The van der Waals surface area contributed by atoms with Crippen molar-refractivity contribution in [1.29, 1.82) is 0 Å². The molecule has 0 aromatic heterocycles. The van der Waals surface area contributed by atoms with E-state index in [0.29, 0.717) is 5.02 Å². The molecule has 0 saturated carbocycles. The molecule has 1 unspecified atom stereocenters. The summed E-state index contributed by atoms with van der Waals surface area (Å²) in [5.74, 6) is 0.832. The van der Waals surface area contributed by atoms with E-state index in [1.165, 1.54) is 0 Å². The van der Waals surface area contributed by atoms with E-state index in [-0.39, 0.29) is 12.0 Å². The molecule has 2 nitrogen and oxygen atoms in total. The minimum atomic E-state index is -0.336. The molecule has 20 heavy (non-hydrogen) atoms. The lowest BCUT2D eigenvalue weighted by Crippen LogP contribution is -2.29. The molecule has 3 heteroatoms. The first-order valence-corrected chi connectivity index (χ1v) is 6.95. The van der Waals surface area contributed by atoms with Crippen LogP contribution in [0.3, 0.4) is 0 Å². The van der Waals surface area contributed by atoms with Gasteiger partial charge in [0.15, 0.2) is 0 Å². The number of ether oxygens (including phenoxy) is 1. The lowest BCUT2D eigenvalue weighted by atomic mass is 9.78. The number of hydrogen-bond acceptors (Lipinski definition) is 2. The van der Waals surface area contributed by atoms with Gasteiger partial charge in [0.1, 0.15) is 5.75 Å². The fourth-order valence-corrected chi connectivity index (χ4v) is 2.46. The maximum Gasteiger partial charge on any atom is 0.119 e. The van der Waals surface area contributed by atoms with Crippen LogP contribution in [0.25, 0.3) is 0 Å². The van der Waals surface area contributed by atoms with Gasteiger partial charge in [-0.1, -0.05) is 42.8 Å². The first-order valence-electron chi connectivity index (χ1n) is 6.57. The Kier molecular flexibility index (Phi) is 4.69. The van der Waals surface area contributed by atoms with E-state index in [4.69, 9.17) is 16.3 Å².